The van der Waals surface area contributed by atoms with E-state index in [2.05, 4.69) is 51.3 Å². The average molecular weight is 339 g/mol. The second kappa shape index (κ2) is 6.46. The summed E-state index contributed by atoms with van der Waals surface area (Å²) in [6, 6.07) is 8.01. The van der Waals surface area contributed by atoms with Crippen molar-refractivity contribution in [1.82, 2.24) is 5.32 Å². The van der Waals surface area contributed by atoms with Gasteiger partial charge in [-0.1, -0.05) is 13.0 Å². The van der Waals surface area contributed by atoms with Crippen molar-refractivity contribution in [3.8, 4) is 0 Å². The molecule has 1 heterocycles. The van der Waals surface area contributed by atoms with Crippen LogP contribution in [0.1, 0.15) is 31.7 Å². The lowest BCUT2D eigenvalue weighted by Gasteiger charge is -2.37. The van der Waals surface area contributed by atoms with Crippen molar-refractivity contribution in [2.45, 2.75) is 44.8 Å². The molecule has 1 aliphatic heterocycles. The average Bonchev–Trinajstić information content (AvgIpc) is 3.29. The van der Waals surface area contributed by atoms with Crippen molar-refractivity contribution in [1.29, 1.82) is 0 Å². The van der Waals surface area contributed by atoms with Crippen LogP contribution in [0.3, 0.4) is 0 Å². The number of benzene rings is 1. The summed E-state index contributed by atoms with van der Waals surface area (Å²) < 4.78 is 6.79. The molecule has 0 aromatic heterocycles. The van der Waals surface area contributed by atoms with Gasteiger partial charge in [0, 0.05) is 23.6 Å². The van der Waals surface area contributed by atoms with E-state index in [4.69, 9.17) is 4.74 Å². The summed E-state index contributed by atoms with van der Waals surface area (Å²) in [5.41, 5.74) is 2.66. The zero-order valence-electron chi connectivity index (χ0n) is 12.1. The van der Waals surface area contributed by atoms with E-state index >= 15 is 0 Å². The molecule has 1 saturated carbocycles. The minimum atomic E-state index is 0.496. The molecule has 1 unspecified atom stereocenters. The van der Waals surface area contributed by atoms with Gasteiger partial charge in [0.05, 0.1) is 24.9 Å². The number of rotatable bonds is 5. The number of morpholine rings is 1. The fraction of sp³-hybridized carbons (Fsp3) is 0.625. The summed E-state index contributed by atoms with van der Waals surface area (Å²) in [5, 5.41) is 3.56. The Balaban J connectivity index is 1.71. The van der Waals surface area contributed by atoms with Crippen molar-refractivity contribution in [3.63, 3.8) is 0 Å². The quantitative estimate of drug-likeness (QED) is 0.891. The van der Waals surface area contributed by atoms with Gasteiger partial charge < -0.3 is 15.0 Å². The van der Waals surface area contributed by atoms with Crippen LogP contribution in [-0.4, -0.2) is 31.8 Å². The lowest BCUT2D eigenvalue weighted by molar-refractivity contribution is 0.0929. The normalized spacial score (nSPS) is 23.1. The highest BCUT2D eigenvalue weighted by atomic mass is 79.9. The standard InChI is InChI=1S/C16H23BrN2O/c1-2-14-11-20-8-7-19(14)16-6-3-12(9-15(16)17)10-18-13-4-5-13/h3,6,9,13-14,18H,2,4-5,7-8,10-11H2,1H3. The van der Waals surface area contributed by atoms with E-state index in [1.807, 2.05) is 0 Å². The molecule has 1 atom stereocenters. The van der Waals surface area contributed by atoms with Crippen LogP contribution in [0.25, 0.3) is 0 Å². The van der Waals surface area contributed by atoms with Gasteiger partial charge in [-0.3, -0.25) is 0 Å². The molecule has 3 nitrogen and oxygen atoms in total. The van der Waals surface area contributed by atoms with Gasteiger partial charge in [0.2, 0.25) is 0 Å². The highest BCUT2D eigenvalue weighted by Crippen LogP contribution is 2.31. The van der Waals surface area contributed by atoms with Crippen LogP contribution in [0.2, 0.25) is 0 Å². The minimum Gasteiger partial charge on any atom is -0.377 e. The van der Waals surface area contributed by atoms with E-state index in [0.717, 1.165) is 38.8 Å². The first-order valence-corrected chi connectivity index (χ1v) is 8.43. The molecule has 20 heavy (non-hydrogen) atoms. The van der Waals surface area contributed by atoms with Crippen LogP contribution in [-0.2, 0) is 11.3 Å². The van der Waals surface area contributed by atoms with E-state index in [0.29, 0.717) is 6.04 Å². The summed E-state index contributed by atoms with van der Waals surface area (Å²) in [6.45, 7) is 5.86. The third-order valence-corrected chi connectivity index (χ3v) is 4.83. The van der Waals surface area contributed by atoms with Crippen molar-refractivity contribution in [2.24, 2.45) is 0 Å². The van der Waals surface area contributed by atoms with Crippen LogP contribution in [0, 0.1) is 0 Å². The lowest BCUT2D eigenvalue weighted by Crippen LogP contribution is -2.45. The Morgan fingerprint density at radius 2 is 2.25 bits per heavy atom. The van der Waals surface area contributed by atoms with Crippen LogP contribution >= 0.6 is 15.9 Å². The Bertz CT molecular complexity index is 462. The third-order valence-electron chi connectivity index (χ3n) is 4.19. The van der Waals surface area contributed by atoms with E-state index < -0.39 is 0 Å². The lowest BCUT2D eigenvalue weighted by atomic mass is 10.1. The van der Waals surface area contributed by atoms with Crippen LogP contribution in [0.4, 0.5) is 5.69 Å². The fourth-order valence-corrected chi connectivity index (χ4v) is 3.41. The largest absolute Gasteiger partial charge is 0.377 e. The molecule has 1 N–H and O–H groups in total. The first-order chi connectivity index (χ1) is 9.78. The van der Waals surface area contributed by atoms with Gasteiger partial charge in [-0.15, -0.1) is 0 Å². The molecule has 0 bridgehead atoms. The van der Waals surface area contributed by atoms with Gasteiger partial charge in [0.15, 0.2) is 0 Å². The molecular formula is C16H23BrN2O. The third kappa shape index (κ3) is 3.35. The van der Waals surface area contributed by atoms with Gasteiger partial charge in [0.1, 0.15) is 0 Å². The number of hydrogen-bond donors (Lipinski definition) is 1. The second-order valence-corrected chi connectivity index (χ2v) is 6.63. The van der Waals surface area contributed by atoms with E-state index in [1.165, 1.54) is 28.6 Å². The summed E-state index contributed by atoms with van der Waals surface area (Å²) in [6.07, 6.45) is 3.80. The number of hydrogen-bond acceptors (Lipinski definition) is 3. The van der Waals surface area contributed by atoms with E-state index in [-0.39, 0.29) is 0 Å². The zero-order valence-corrected chi connectivity index (χ0v) is 13.7. The number of ether oxygens (including phenoxy) is 1. The molecule has 2 aliphatic rings. The van der Waals surface area contributed by atoms with Crippen LogP contribution in [0.15, 0.2) is 22.7 Å². The molecule has 2 fully saturated rings. The Morgan fingerprint density at radius 1 is 1.40 bits per heavy atom. The van der Waals surface area contributed by atoms with Gasteiger partial charge in [-0.05, 0) is 52.9 Å². The van der Waals surface area contributed by atoms with E-state index in [1.54, 1.807) is 0 Å². The van der Waals surface area contributed by atoms with Crippen molar-refractivity contribution < 1.29 is 4.74 Å². The molecule has 1 aliphatic carbocycles. The second-order valence-electron chi connectivity index (χ2n) is 5.77. The fourth-order valence-electron chi connectivity index (χ4n) is 2.75. The van der Waals surface area contributed by atoms with Gasteiger partial charge in [0.25, 0.3) is 0 Å². The Labute approximate surface area is 129 Å². The molecule has 0 amide bonds. The van der Waals surface area contributed by atoms with E-state index in [9.17, 15) is 0 Å². The maximum Gasteiger partial charge on any atom is 0.0670 e. The van der Waals surface area contributed by atoms with Gasteiger partial charge in [-0.2, -0.15) is 0 Å². The van der Waals surface area contributed by atoms with Crippen LogP contribution < -0.4 is 10.2 Å². The highest BCUT2D eigenvalue weighted by Gasteiger charge is 2.23. The smallest absolute Gasteiger partial charge is 0.0670 e. The SMILES string of the molecule is CCC1COCCN1c1ccc(CNC2CC2)cc1Br. The van der Waals surface area contributed by atoms with Crippen molar-refractivity contribution in [3.05, 3.63) is 28.2 Å². The Hall–Kier alpha value is -0.580. The maximum atomic E-state index is 5.59. The molecule has 1 saturated heterocycles. The summed E-state index contributed by atoms with van der Waals surface area (Å²) in [4.78, 5) is 2.48. The Kier molecular flexibility index (Phi) is 4.64. The highest BCUT2D eigenvalue weighted by molar-refractivity contribution is 9.10. The maximum absolute atomic E-state index is 5.59. The number of nitrogens with zero attached hydrogens (tertiary/aromatic N) is 1. The first-order valence-electron chi connectivity index (χ1n) is 7.64. The molecule has 1 aromatic carbocycles. The molecule has 0 spiro atoms. The van der Waals surface area contributed by atoms with Crippen molar-refractivity contribution in [2.75, 3.05) is 24.7 Å². The zero-order chi connectivity index (χ0) is 13.9. The molecule has 110 valence electrons. The molecule has 4 heteroatoms. The number of nitrogens with one attached hydrogen (secondary N) is 1. The van der Waals surface area contributed by atoms with Crippen LogP contribution in [0.5, 0.6) is 0 Å². The number of anilines is 1. The first kappa shape index (κ1) is 14.4. The molecule has 0 radical (unpaired) electrons. The summed E-state index contributed by atoms with van der Waals surface area (Å²) in [5.74, 6) is 0. The summed E-state index contributed by atoms with van der Waals surface area (Å²) >= 11 is 3.75. The van der Waals surface area contributed by atoms with Gasteiger partial charge in [-0.25, -0.2) is 0 Å². The minimum absolute atomic E-state index is 0.496. The van der Waals surface area contributed by atoms with Crippen molar-refractivity contribution >= 4 is 21.6 Å². The molecular weight excluding hydrogens is 316 g/mol. The number of halogens is 1. The topological polar surface area (TPSA) is 24.5 Å². The predicted molar refractivity (Wildman–Crippen MR) is 86.2 cm³/mol. The monoisotopic (exact) mass is 338 g/mol. The van der Waals surface area contributed by atoms with Gasteiger partial charge >= 0.3 is 0 Å². The predicted octanol–water partition coefficient (Wildman–Crippen LogP) is 3.32. The molecule has 3 rings (SSSR count). The Morgan fingerprint density at radius 3 is 2.95 bits per heavy atom. The summed E-state index contributed by atoms with van der Waals surface area (Å²) in [7, 11) is 0. The molecule has 1 aromatic rings.